The number of nitrogens with zero attached hydrogens (tertiary/aromatic N) is 4. The van der Waals surface area contributed by atoms with Crippen LogP contribution in [-0.2, 0) is 0 Å². The van der Waals surface area contributed by atoms with E-state index in [1.165, 1.54) is 22.2 Å². The highest BCUT2D eigenvalue weighted by Crippen LogP contribution is 2.37. The van der Waals surface area contributed by atoms with Gasteiger partial charge in [-0.1, -0.05) is 18.2 Å². The zero-order valence-corrected chi connectivity index (χ0v) is 15.0. The van der Waals surface area contributed by atoms with Gasteiger partial charge < -0.3 is 4.42 Å². The quantitative estimate of drug-likeness (QED) is 0.492. The van der Waals surface area contributed by atoms with Gasteiger partial charge >= 0.3 is 0 Å². The average molecular weight is 354 g/mol. The summed E-state index contributed by atoms with van der Waals surface area (Å²) in [4.78, 5) is 11.0. The van der Waals surface area contributed by atoms with E-state index in [2.05, 4.69) is 34.0 Å². The second-order valence-electron chi connectivity index (χ2n) is 5.43. The second kappa shape index (κ2) is 5.99. The fourth-order valence-electron chi connectivity index (χ4n) is 2.48. The summed E-state index contributed by atoms with van der Waals surface area (Å²) in [6.07, 6.45) is 1.58. The molecule has 0 N–H and O–H groups in total. The van der Waals surface area contributed by atoms with Crippen LogP contribution in [0.3, 0.4) is 0 Å². The van der Waals surface area contributed by atoms with Crippen LogP contribution in [0, 0.1) is 20.8 Å². The summed E-state index contributed by atoms with van der Waals surface area (Å²) in [7, 11) is 0. The Hall–Kier alpha value is -2.25. The van der Waals surface area contributed by atoms with Crippen molar-refractivity contribution in [3.8, 4) is 11.5 Å². The van der Waals surface area contributed by atoms with E-state index in [0.29, 0.717) is 11.1 Å². The van der Waals surface area contributed by atoms with Crippen molar-refractivity contribution in [2.75, 3.05) is 0 Å². The summed E-state index contributed by atoms with van der Waals surface area (Å²) in [5, 5.41) is 10.7. The van der Waals surface area contributed by atoms with Crippen molar-refractivity contribution in [3.63, 3.8) is 0 Å². The van der Waals surface area contributed by atoms with Gasteiger partial charge in [0.05, 0.1) is 0 Å². The monoisotopic (exact) mass is 354 g/mol. The Morgan fingerprint density at radius 2 is 1.88 bits per heavy atom. The van der Waals surface area contributed by atoms with E-state index in [1.54, 1.807) is 17.7 Å². The van der Waals surface area contributed by atoms with Crippen molar-refractivity contribution < 1.29 is 4.42 Å². The number of fused-ring (bicyclic) bond motifs is 1. The highest BCUT2D eigenvalue weighted by atomic mass is 32.2. The van der Waals surface area contributed by atoms with Gasteiger partial charge in [-0.2, -0.15) is 0 Å². The van der Waals surface area contributed by atoms with Gasteiger partial charge in [0.15, 0.2) is 0 Å². The lowest BCUT2D eigenvalue weighted by Crippen LogP contribution is -1.85. The lowest BCUT2D eigenvalue weighted by molar-refractivity contribution is 0.465. The molecule has 120 valence electrons. The molecule has 4 aromatic rings. The summed E-state index contributed by atoms with van der Waals surface area (Å²) in [5.74, 6) is 0.527. The number of aromatic nitrogens is 4. The smallest absolute Gasteiger partial charge is 0.283 e. The van der Waals surface area contributed by atoms with Crippen LogP contribution >= 0.6 is 23.1 Å². The summed E-state index contributed by atoms with van der Waals surface area (Å²) in [6, 6.07) is 7.96. The van der Waals surface area contributed by atoms with Crippen molar-refractivity contribution in [2.45, 2.75) is 31.0 Å². The predicted molar refractivity (Wildman–Crippen MR) is 95.5 cm³/mol. The van der Waals surface area contributed by atoms with Crippen LogP contribution in [0.4, 0.5) is 0 Å². The maximum atomic E-state index is 5.83. The molecule has 4 rings (SSSR count). The topological polar surface area (TPSA) is 64.7 Å². The Kier molecular flexibility index (Phi) is 3.82. The number of rotatable bonds is 3. The highest BCUT2D eigenvalue weighted by Gasteiger charge is 2.17. The Morgan fingerprint density at radius 3 is 2.71 bits per heavy atom. The van der Waals surface area contributed by atoms with E-state index < -0.39 is 0 Å². The van der Waals surface area contributed by atoms with Gasteiger partial charge in [0.25, 0.3) is 5.22 Å². The normalized spacial score (nSPS) is 11.3. The second-order valence-corrected chi connectivity index (χ2v) is 7.58. The van der Waals surface area contributed by atoms with Gasteiger partial charge in [-0.25, -0.2) is 9.97 Å². The molecule has 7 heteroatoms. The van der Waals surface area contributed by atoms with E-state index in [0.717, 1.165) is 26.4 Å². The van der Waals surface area contributed by atoms with Crippen LogP contribution in [0.1, 0.15) is 16.0 Å². The molecular formula is C17H14N4OS2. The average Bonchev–Trinajstić information content (AvgIpc) is 3.14. The first-order valence-corrected chi connectivity index (χ1v) is 9.05. The minimum Gasteiger partial charge on any atom is -0.411 e. The van der Waals surface area contributed by atoms with E-state index in [1.807, 2.05) is 31.2 Å². The zero-order chi connectivity index (χ0) is 16.7. The Balaban J connectivity index is 1.72. The number of benzene rings is 1. The van der Waals surface area contributed by atoms with Gasteiger partial charge in [0.1, 0.15) is 16.2 Å². The first kappa shape index (κ1) is 15.3. The lowest BCUT2D eigenvalue weighted by atomic mass is 10.1. The summed E-state index contributed by atoms with van der Waals surface area (Å²) in [6.45, 7) is 6.21. The predicted octanol–water partition coefficient (Wildman–Crippen LogP) is 4.82. The van der Waals surface area contributed by atoms with E-state index in [9.17, 15) is 0 Å². The third kappa shape index (κ3) is 2.59. The van der Waals surface area contributed by atoms with Gasteiger partial charge in [-0.15, -0.1) is 21.5 Å². The molecule has 0 saturated heterocycles. The molecule has 5 nitrogen and oxygen atoms in total. The minimum atomic E-state index is 0.483. The van der Waals surface area contributed by atoms with Gasteiger partial charge in [-0.3, -0.25) is 0 Å². The van der Waals surface area contributed by atoms with Crippen LogP contribution in [0.5, 0.6) is 0 Å². The third-order valence-electron chi connectivity index (χ3n) is 3.90. The molecule has 1 aromatic carbocycles. The summed E-state index contributed by atoms with van der Waals surface area (Å²) < 4.78 is 5.83. The van der Waals surface area contributed by atoms with Crippen molar-refractivity contribution in [2.24, 2.45) is 0 Å². The molecule has 24 heavy (non-hydrogen) atoms. The number of thiophene rings is 1. The van der Waals surface area contributed by atoms with Crippen LogP contribution < -0.4 is 0 Å². The largest absolute Gasteiger partial charge is 0.411 e. The standard InChI is InChI=1S/C17H14N4OS2/c1-9-6-4-5-7-12(9)14-20-21-17(22-14)24-16-13-10(2)11(3)23-15(13)18-8-19-16/h4-8H,1-3H3. The Morgan fingerprint density at radius 1 is 1.04 bits per heavy atom. The van der Waals surface area contributed by atoms with Gasteiger partial charge in [-0.05, 0) is 49.7 Å². The van der Waals surface area contributed by atoms with Crippen molar-refractivity contribution in [3.05, 3.63) is 46.6 Å². The van der Waals surface area contributed by atoms with E-state index >= 15 is 0 Å². The first-order valence-electron chi connectivity index (χ1n) is 7.41. The lowest BCUT2D eigenvalue weighted by Gasteiger charge is -2.00. The third-order valence-corrected chi connectivity index (χ3v) is 5.85. The molecule has 0 unspecified atom stereocenters. The molecule has 0 aliphatic rings. The molecule has 0 spiro atoms. The fraction of sp³-hybridized carbons (Fsp3) is 0.176. The Bertz CT molecular complexity index is 1040. The van der Waals surface area contributed by atoms with E-state index in [-0.39, 0.29) is 0 Å². The molecule has 3 aromatic heterocycles. The van der Waals surface area contributed by atoms with Crippen molar-refractivity contribution in [1.82, 2.24) is 20.2 Å². The van der Waals surface area contributed by atoms with Crippen LogP contribution in [0.25, 0.3) is 21.7 Å². The summed E-state index contributed by atoms with van der Waals surface area (Å²) >= 11 is 3.06. The maximum absolute atomic E-state index is 5.83. The molecular weight excluding hydrogens is 340 g/mol. The molecule has 0 aliphatic carbocycles. The molecule has 0 bridgehead atoms. The highest BCUT2D eigenvalue weighted by molar-refractivity contribution is 7.99. The van der Waals surface area contributed by atoms with Crippen LogP contribution in [0.15, 0.2) is 45.3 Å². The Labute approximate surface area is 147 Å². The number of hydrogen-bond donors (Lipinski definition) is 0. The van der Waals surface area contributed by atoms with Gasteiger partial charge in [0, 0.05) is 15.8 Å². The maximum Gasteiger partial charge on any atom is 0.283 e. The molecule has 0 fully saturated rings. The zero-order valence-electron chi connectivity index (χ0n) is 13.4. The SMILES string of the molecule is Cc1ccccc1-c1nnc(Sc2ncnc3sc(C)c(C)c23)o1. The minimum absolute atomic E-state index is 0.483. The molecule has 0 atom stereocenters. The molecule has 3 heterocycles. The van der Waals surface area contributed by atoms with Crippen LogP contribution in [-0.4, -0.2) is 20.2 Å². The van der Waals surface area contributed by atoms with Crippen molar-refractivity contribution in [1.29, 1.82) is 0 Å². The first-order chi connectivity index (χ1) is 11.6. The van der Waals surface area contributed by atoms with Crippen LogP contribution in [0.2, 0.25) is 0 Å². The number of hydrogen-bond acceptors (Lipinski definition) is 7. The fourth-order valence-corrected chi connectivity index (χ4v) is 4.36. The molecule has 0 aliphatic heterocycles. The molecule has 0 saturated carbocycles. The number of aryl methyl sites for hydroxylation is 3. The van der Waals surface area contributed by atoms with E-state index in [4.69, 9.17) is 4.42 Å². The molecule has 0 radical (unpaired) electrons. The van der Waals surface area contributed by atoms with Crippen molar-refractivity contribution >= 4 is 33.3 Å². The van der Waals surface area contributed by atoms with Gasteiger partial charge in [0.2, 0.25) is 5.89 Å². The summed E-state index contributed by atoms with van der Waals surface area (Å²) in [5.41, 5.74) is 3.26. The molecule has 0 amide bonds.